The molecule has 0 fully saturated rings. The highest BCUT2D eigenvalue weighted by Crippen LogP contribution is 2.05. The lowest BCUT2D eigenvalue weighted by molar-refractivity contribution is -0.394. The van der Waals surface area contributed by atoms with Gasteiger partial charge in [-0.25, -0.2) is 14.8 Å². The second-order valence-corrected chi connectivity index (χ2v) is 2.79. The van der Waals surface area contributed by atoms with Crippen molar-refractivity contribution in [3.05, 3.63) is 34.4 Å². The molecule has 0 aliphatic heterocycles. The van der Waals surface area contributed by atoms with Crippen molar-refractivity contribution in [3.8, 4) is 5.95 Å². The molecule has 10 nitrogen and oxygen atoms in total. The molecule has 0 aliphatic rings. The molecule has 0 atom stereocenters. The van der Waals surface area contributed by atoms with Crippen LogP contribution in [0.15, 0.2) is 18.6 Å². The Morgan fingerprint density at radius 3 is 2.82 bits per heavy atom. The molecule has 17 heavy (non-hydrogen) atoms. The van der Waals surface area contributed by atoms with Gasteiger partial charge in [0.25, 0.3) is 5.95 Å². The first kappa shape index (κ1) is 10.6. The Labute approximate surface area is 92.7 Å². The fourth-order valence-electron chi connectivity index (χ4n) is 1.01. The highest BCUT2D eigenvalue weighted by atomic mass is 16.6. The third-order valence-corrected chi connectivity index (χ3v) is 1.71. The van der Waals surface area contributed by atoms with Gasteiger partial charge in [0.05, 0.1) is 0 Å². The normalized spacial score (nSPS) is 10.1. The monoisotopic (exact) mass is 236 g/mol. The number of aromatic nitrogens is 5. The lowest BCUT2D eigenvalue weighted by Gasteiger charge is -1.95. The molecule has 1 N–H and O–H groups in total. The number of carbonyl (C=O) groups is 1. The van der Waals surface area contributed by atoms with E-state index in [1.54, 1.807) is 0 Å². The van der Waals surface area contributed by atoms with Crippen LogP contribution in [0.3, 0.4) is 0 Å². The van der Waals surface area contributed by atoms with Crippen molar-refractivity contribution in [2.24, 2.45) is 0 Å². The van der Waals surface area contributed by atoms with Gasteiger partial charge in [0, 0.05) is 11.3 Å². The molecule has 0 saturated carbocycles. The molecule has 2 heterocycles. The van der Waals surface area contributed by atoms with Crippen molar-refractivity contribution in [2.75, 3.05) is 0 Å². The van der Waals surface area contributed by atoms with E-state index in [0.717, 1.165) is 11.0 Å². The van der Waals surface area contributed by atoms with E-state index >= 15 is 0 Å². The van der Waals surface area contributed by atoms with Crippen LogP contribution >= 0.6 is 0 Å². The number of carboxylic acid groups (broad SMARTS) is 1. The number of nitrogens with zero attached hydrogens (tertiary/aromatic N) is 6. The zero-order valence-electron chi connectivity index (χ0n) is 8.09. The molecular weight excluding hydrogens is 232 g/mol. The lowest BCUT2D eigenvalue weighted by Crippen LogP contribution is -2.07. The largest absolute Gasteiger partial charge is 0.491 e. The van der Waals surface area contributed by atoms with E-state index in [-0.39, 0.29) is 11.6 Å². The van der Waals surface area contributed by atoms with Gasteiger partial charge < -0.3 is 15.2 Å². The average Bonchev–Trinajstić information content (AvgIpc) is 2.78. The number of hydrogen-bond acceptors (Lipinski definition) is 7. The molecule has 2 rings (SSSR count). The van der Waals surface area contributed by atoms with Gasteiger partial charge in [0.2, 0.25) is 6.33 Å². The highest BCUT2D eigenvalue weighted by Gasteiger charge is 2.17. The van der Waals surface area contributed by atoms with Crippen molar-refractivity contribution in [1.82, 2.24) is 24.7 Å². The Morgan fingerprint density at radius 2 is 2.24 bits per heavy atom. The van der Waals surface area contributed by atoms with E-state index in [1.165, 1.54) is 12.3 Å². The van der Waals surface area contributed by atoms with Gasteiger partial charge in [-0.15, -0.1) is 4.68 Å². The molecule has 0 bridgehead atoms. The van der Waals surface area contributed by atoms with Crippen molar-refractivity contribution < 1.29 is 14.8 Å². The summed E-state index contributed by atoms with van der Waals surface area (Å²) in [4.78, 5) is 31.0. The van der Waals surface area contributed by atoms with Crippen molar-refractivity contribution in [3.63, 3.8) is 0 Å². The Bertz CT molecular complexity index is 594. The van der Waals surface area contributed by atoms with E-state index in [1.807, 2.05) is 0 Å². The van der Waals surface area contributed by atoms with Gasteiger partial charge in [-0.05, 0) is 11.0 Å². The lowest BCUT2D eigenvalue weighted by atomic mass is 10.4. The summed E-state index contributed by atoms with van der Waals surface area (Å²) in [5, 5.41) is 22.5. The molecule has 0 spiro atoms. The summed E-state index contributed by atoms with van der Waals surface area (Å²) in [6.07, 6.45) is 2.23. The van der Waals surface area contributed by atoms with Crippen LogP contribution in [0.25, 0.3) is 5.95 Å². The first-order valence-corrected chi connectivity index (χ1v) is 4.20. The Kier molecular flexibility index (Phi) is 2.45. The van der Waals surface area contributed by atoms with E-state index < -0.39 is 16.8 Å². The quantitative estimate of drug-likeness (QED) is 0.564. The summed E-state index contributed by atoms with van der Waals surface area (Å²) in [7, 11) is 0. The number of rotatable bonds is 3. The molecule has 2 aromatic heterocycles. The smallest absolute Gasteiger partial charge is 0.477 e. The van der Waals surface area contributed by atoms with Gasteiger partial charge in [0.1, 0.15) is 0 Å². The summed E-state index contributed by atoms with van der Waals surface area (Å²) >= 11 is 0. The number of hydrogen-bond donors (Lipinski definition) is 1. The van der Waals surface area contributed by atoms with Gasteiger partial charge in [0.15, 0.2) is 5.69 Å². The molecule has 0 unspecified atom stereocenters. The van der Waals surface area contributed by atoms with Crippen molar-refractivity contribution in [1.29, 1.82) is 0 Å². The number of aromatic carboxylic acids is 1. The zero-order chi connectivity index (χ0) is 12.4. The summed E-state index contributed by atoms with van der Waals surface area (Å²) < 4.78 is 0.921. The molecule has 10 heteroatoms. The molecule has 0 saturated heterocycles. The Morgan fingerprint density at radius 1 is 1.47 bits per heavy atom. The maximum Gasteiger partial charge on any atom is 0.491 e. The van der Waals surface area contributed by atoms with Crippen LogP contribution in [0.4, 0.5) is 5.95 Å². The van der Waals surface area contributed by atoms with Crippen LogP contribution in [0, 0.1) is 10.1 Å². The molecule has 0 aromatic carbocycles. The van der Waals surface area contributed by atoms with Crippen LogP contribution in [0.1, 0.15) is 10.5 Å². The van der Waals surface area contributed by atoms with Crippen LogP contribution < -0.4 is 0 Å². The first-order valence-electron chi connectivity index (χ1n) is 4.20. The maximum atomic E-state index is 10.7. The molecule has 86 valence electrons. The van der Waals surface area contributed by atoms with E-state index in [2.05, 4.69) is 20.1 Å². The second kappa shape index (κ2) is 3.92. The Balaban J connectivity index is 2.42. The van der Waals surface area contributed by atoms with Gasteiger partial charge in [-0.1, -0.05) is 4.98 Å². The number of carboxylic acids is 1. The zero-order valence-corrected chi connectivity index (χ0v) is 8.09. The minimum atomic E-state index is -1.23. The van der Waals surface area contributed by atoms with Crippen molar-refractivity contribution >= 4 is 11.9 Å². The van der Waals surface area contributed by atoms with Crippen LogP contribution in [-0.2, 0) is 0 Å². The number of nitro groups is 1. The second-order valence-electron chi connectivity index (χ2n) is 2.79. The maximum absolute atomic E-state index is 10.7. The Hall–Kier alpha value is -2.91. The SMILES string of the molecule is O=C(O)c1ccnc(-n2cnc([N+](=O)[O-])n2)n1. The van der Waals surface area contributed by atoms with Crippen LogP contribution in [0.2, 0.25) is 0 Å². The third kappa shape index (κ3) is 2.04. The predicted molar refractivity (Wildman–Crippen MR) is 50.6 cm³/mol. The van der Waals surface area contributed by atoms with Gasteiger partial charge in [-0.3, -0.25) is 0 Å². The first-order chi connectivity index (χ1) is 8.08. The molecule has 0 aliphatic carbocycles. The third-order valence-electron chi connectivity index (χ3n) is 1.71. The predicted octanol–water partition coefficient (Wildman–Crippen LogP) is -0.336. The van der Waals surface area contributed by atoms with E-state index in [4.69, 9.17) is 5.11 Å². The highest BCUT2D eigenvalue weighted by molar-refractivity contribution is 5.85. The fraction of sp³-hybridized carbons (Fsp3) is 0. The molecular formula is C7H4N6O4. The minimum Gasteiger partial charge on any atom is -0.477 e. The van der Waals surface area contributed by atoms with E-state index in [0.29, 0.717) is 0 Å². The van der Waals surface area contributed by atoms with Crippen LogP contribution in [-0.4, -0.2) is 40.7 Å². The van der Waals surface area contributed by atoms with Crippen LogP contribution in [0.5, 0.6) is 0 Å². The molecule has 0 radical (unpaired) electrons. The van der Waals surface area contributed by atoms with Crippen molar-refractivity contribution in [2.45, 2.75) is 0 Å². The fourth-order valence-corrected chi connectivity index (χ4v) is 1.01. The standard InChI is InChI=1S/C7H4N6O4/c14-5(15)4-1-2-8-6(10-4)12-3-9-7(11-12)13(16)17/h1-3H,(H,14,15). The summed E-state index contributed by atoms with van der Waals surface area (Å²) in [6, 6.07) is 1.19. The minimum absolute atomic E-state index is 0.106. The summed E-state index contributed by atoms with van der Waals surface area (Å²) in [5.74, 6) is -1.96. The topological polar surface area (TPSA) is 137 Å². The summed E-state index contributed by atoms with van der Waals surface area (Å²) in [5.41, 5.74) is -0.242. The molecule has 0 amide bonds. The van der Waals surface area contributed by atoms with Gasteiger partial charge >= 0.3 is 11.9 Å². The average molecular weight is 236 g/mol. The molecule has 2 aromatic rings. The van der Waals surface area contributed by atoms with Gasteiger partial charge in [-0.2, -0.15) is 0 Å². The summed E-state index contributed by atoms with van der Waals surface area (Å²) in [6.45, 7) is 0. The van der Waals surface area contributed by atoms with E-state index in [9.17, 15) is 14.9 Å².